The van der Waals surface area contributed by atoms with Crippen LogP contribution in [0, 0.1) is 0 Å². The Morgan fingerprint density at radius 1 is 1.67 bits per heavy atom. The van der Waals surface area contributed by atoms with Gasteiger partial charge in [0.25, 0.3) is 0 Å². The first kappa shape index (κ1) is 12.8. The second-order valence-electron chi connectivity index (χ2n) is 4.54. The maximum atomic E-state index is 10.8. The van der Waals surface area contributed by atoms with Crippen molar-refractivity contribution >= 4 is 5.97 Å². The van der Waals surface area contributed by atoms with Crippen molar-refractivity contribution < 1.29 is 14.6 Å². The van der Waals surface area contributed by atoms with Crippen LogP contribution in [-0.2, 0) is 11.3 Å². The number of carboxylic acids is 1. The van der Waals surface area contributed by atoms with Crippen LogP contribution in [0.25, 0.3) is 0 Å². The Morgan fingerprint density at radius 2 is 2.50 bits per heavy atom. The third kappa shape index (κ3) is 2.98. The van der Waals surface area contributed by atoms with E-state index in [9.17, 15) is 4.79 Å². The molecule has 0 aliphatic carbocycles. The van der Waals surface area contributed by atoms with E-state index in [-0.39, 0.29) is 12.5 Å². The van der Waals surface area contributed by atoms with Crippen LogP contribution in [0.3, 0.4) is 0 Å². The van der Waals surface area contributed by atoms with E-state index in [1.54, 1.807) is 13.3 Å². The summed E-state index contributed by atoms with van der Waals surface area (Å²) in [5, 5.41) is 8.89. The lowest BCUT2D eigenvalue weighted by molar-refractivity contribution is -0.138. The summed E-state index contributed by atoms with van der Waals surface area (Å²) in [6.45, 7) is 1.64. The second-order valence-corrected chi connectivity index (χ2v) is 4.54. The molecule has 18 heavy (non-hydrogen) atoms. The van der Waals surface area contributed by atoms with E-state index >= 15 is 0 Å². The van der Waals surface area contributed by atoms with E-state index in [1.807, 2.05) is 12.1 Å². The van der Waals surface area contributed by atoms with E-state index < -0.39 is 5.97 Å². The maximum Gasteiger partial charge on any atom is 0.304 e. The molecule has 0 radical (unpaired) electrons. The highest BCUT2D eigenvalue weighted by Gasteiger charge is 2.27. The Balaban J connectivity index is 2.05. The SMILES string of the molecule is COc1ncccc1CN1CCCC1CC(=O)O. The van der Waals surface area contributed by atoms with Crippen molar-refractivity contribution in [3.63, 3.8) is 0 Å². The minimum Gasteiger partial charge on any atom is -0.481 e. The zero-order chi connectivity index (χ0) is 13.0. The highest BCUT2D eigenvalue weighted by molar-refractivity contribution is 5.67. The summed E-state index contributed by atoms with van der Waals surface area (Å²) in [5.41, 5.74) is 1.01. The average Bonchev–Trinajstić information content (AvgIpc) is 2.76. The largest absolute Gasteiger partial charge is 0.481 e. The topological polar surface area (TPSA) is 62.7 Å². The standard InChI is InChI=1S/C13H18N2O3/c1-18-13-10(4-2-6-14-13)9-15-7-3-5-11(15)8-12(16)17/h2,4,6,11H,3,5,7-9H2,1H3,(H,16,17). The molecule has 0 bridgehead atoms. The number of carboxylic acid groups (broad SMARTS) is 1. The van der Waals surface area contributed by atoms with Gasteiger partial charge in [-0.15, -0.1) is 0 Å². The van der Waals surface area contributed by atoms with E-state index in [2.05, 4.69) is 9.88 Å². The number of hydrogen-bond acceptors (Lipinski definition) is 4. The lowest BCUT2D eigenvalue weighted by Crippen LogP contribution is -2.31. The van der Waals surface area contributed by atoms with Crippen molar-refractivity contribution in [2.45, 2.75) is 31.8 Å². The van der Waals surface area contributed by atoms with Gasteiger partial charge in [-0.25, -0.2) is 4.98 Å². The summed E-state index contributed by atoms with van der Waals surface area (Å²) < 4.78 is 5.22. The fraction of sp³-hybridized carbons (Fsp3) is 0.538. The van der Waals surface area contributed by atoms with E-state index in [4.69, 9.17) is 9.84 Å². The Kier molecular flexibility index (Phi) is 4.15. The Morgan fingerprint density at radius 3 is 3.22 bits per heavy atom. The minimum atomic E-state index is -0.731. The number of rotatable bonds is 5. The molecule has 0 amide bonds. The lowest BCUT2D eigenvalue weighted by Gasteiger charge is -2.23. The molecular formula is C13H18N2O3. The van der Waals surface area contributed by atoms with Crippen LogP contribution in [0.5, 0.6) is 5.88 Å². The van der Waals surface area contributed by atoms with Crippen LogP contribution in [0.15, 0.2) is 18.3 Å². The van der Waals surface area contributed by atoms with Gasteiger partial charge in [-0.2, -0.15) is 0 Å². The molecule has 0 spiro atoms. The molecule has 1 aromatic rings. The van der Waals surface area contributed by atoms with E-state index in [1.165, 1.54) is 0 Å². The van der Waals surface area contributed by atoms with Gasteiger partial charge in [0, 0.05) is 24.3 Å². The number of carbonyl (C=O) groups is 1. The molecule has 5 nitrogen and oxygen atoms in total. The Labute approximate surface area is 106 Å². The predicted octanol–water partition coefficient (Wildman–Crippen LogP) is 1.53. The van der Waals surface area contributed by atoms with Gasteiger partial charge in [-0.3, -0.25) is 9.69 Å². The van der Waals surface area contributed by atoms with E-state index in [0.717, 1.165) is 24.9 Å². The van der Waals surface area contributed by atoms with Crippen LogP contribution in [0.1, 0.15) is 24.8 Å². The van der Waals surface area contributed by atoms with Gasteiger partial charge >= 0.3 is 5.97 Å². The summed E-state index contributed by atoms with van der Waals surface area (Å²) in [5.74, 6) is -0.108. The highest BCUT2D eigenvalue weighted by atomic mass is 16.5. The van der Waals surface area contributed by atoms with Crippen molar-refractivity contribution in [1.29, 1.82) is 0 Å². The zero-order valence-corrected chi connectivity index (χ0v) is 10.5. The molecule has 1 atom stereocenters. The predicted molar refractivity (Wildman–Crippen MR) is 66.5 cm³/mol. The van der Waals surface area contributed by atoms with Gasteiger partial charge in [-0.05, 0) is 25.5 Å². The first-order valence-electron chi connectivity index (χ1n) is 6.14. The normalized spacial score (nSPS) is 19.9. The van der Waals surface area contributed by atoms with Gasteiger partial charge in [0.2, 0.25) is 5.88 Å². The fourth-order valence-corrected chi connectivity index (χ4v) is 2.48. The number of likely N-dealkylation sites (tertiary alicyclic amines) is 1. The smallest absolute Gasteiger partial charge is 0.304 e. The molecular weight excluding hydrogens is 232 g/mol. The summed E-state index contributed by atoms with van der Waals surface area (Å²) >= 11 is 0. The van der Waals surface area contributed by atoms with Crippen LogP contribution >= 0.6 is 0 Å². The molecule has 2 heterocycles. The molecule has 5 heteroatoms. The number of ether oxygens (including phenoxy) is 1. The Hall–Kier alpha value is -1.62. The monoisotopic (exact) mass is 250 g/mol. The first-order chi connectivity index (χ1) is 8.70. The molecule has 1 fully saturated rings. The first-order valence-corrected chi connectivity index (χ1v) is 6.14. The van der Waals surface area contributed by atoms with Crippen LogP contribution in [0.2, 0.25) is 0 Å². The van der Waals surface area contributed by atoms with Crippen molar-refractivity contribution in [3.05, 3.63) is 23.9 Å². The highest BCUT2D eigenvalue weighted by Crippen LogP contribution is 2.25. The number of hydrogen-bond donors (Lipinski definition) is 1. The molecule has 1 aromatic heterocycles. The third-order valence-electron chi connectivity index (χ3n) is 3.33. The van der Waals surface area contributed by atoms with Crippen molar-refractivity contribution in [2.75, 3.05) is 13.7 Å². The Bertz CT molecular complexity index is 422. The van der Waals surface area contributed by atoms with Crippen molar-refractivity contribution in [1.82, 2.24) is 9.88 Å². The van der Waals surface area contributed by atoms with Crippen molar-refractivity contribution in [3.8, 4) is 5.88 Å². The third-order valence-corrected chi connectivity index (χ3v) is 3.33. The lowest BCUT2D eigenvalue weighted by atomic mass is 10.1. The summed E-state index contributed by atoms with van der Waals surface area (Å²) in [4.78, 5) is 17.2. The van der Waals surface area contributed by atoms with Crippen LogP contribution < -0.4 is 4.74 Å². The van der Waals surface area contributed by atoms with Crippen LogP contribution in [-0.4, -0.2) is 40.7 Å². The molecule has 1 saturated heterocycles. The van der Waals surface area contributed by atoms with Crippen LogP contribution in [0.4, 0.5) is 0 Å². The number of pyridine rings is 1. The maximum absolute atomic E-state index is 10.8. The number of aliphatic carboxylic acids is 1. The average molecular weight is 250 g/mol. The molecule has 98 valence electrons. The number of nitrogens with zero attached hydrogens (tertiary/aromatic N) is 2. The summed E-state index contributed by atoms with van der Waals surface area (Å²) in [6.07, 6.45) is 3.92. The second kappa shape index (κ2) is 5.82. The quantitative estimate of drug-likeness (QED) is 0.858. The van der Waals surface area contributed by atoms with Crippen molar-refractivity contribution in [2.24, 2.45) is 0 Å². The molecule has 1 aliphatic heterocycles. The summed E-state index contributed by atoms with van der Waals surface area (Å²) in [7, 11) is 1.60. The molecule has 1 aliphatic rings. The summed E-state index contributed by atoms with van der Waals surface area (Å²) in [6, 6.07) is 3.98. The zero-order valence-electron chi connectivity index (χ0n) is 10.5. The molecule has 0 saturated carbocycles. The van der Waals surface area contributed by atoms with Gasteiger partial charge in [0.1, 0.15) is 0 Å². The van der Waals surface area contributed by atoms with Gasteiger partial charge in [0.15, 0.2) is 0 Å². The van der Waals surface area contributed by atoms with Gasteiger partial charge in [-0.1, -0.05) is 6.07 Å². The molecule has 0 aromatic carbocycles. The van der Waals surface area contributed by atoms with Gasteiger partial charge in [0.05, 0.1) is 13.5 Å². The minimum absolute atomic E-state index is 0.132. The molecule has 1 N–H and O–H groups in total. The van der Waals surface area contributed by atoms with E-state index in [0.29, 0.717) is 12.4 Å². The molecule has 2 rings (SSSR count). The number of aromatic nitrogens is 1. The van der Waals surface area contributed by atoms with Gasteiger partial charge < -0.3 is 9.84 Å². The molecule has 1 unspecified atom stereocenters. The fourth-order valence-electron chi connectivity index (χ4n) is 2.48. The number of methoxy groups -OCH3 is 1.